The van der Waals surface area contributed by atoms with E-state index >= 15 is 0 Å². The fourth-order valence-corrected chi connectivity index (χ4v) is 2.80. The predicted molar refractivity (Wildman–Crippen MR) is 84.4 cm³/mol. The van der Waals surface area contributed by atoms with Crippen molar-refractivity contribution in [3.8, 4) is 0 Å². The summed E-state index contributed by atoms with van der Waals surface area (Å²) in [6, 6.07) is 0.310. The Kier molecular flexibility index (Phi) is 5.04. The van der Waals surface area contributed by atoms with Gasteiger partial charge in [0.2, 0.25) is 5.91 Å². The average molecular weight is 311 g/mol. The van der Waals surface area contributed by atoms with Gasteiger partial charge < -0.3 is 11.1 Å². The molecule has 0 bridgehead atoms. The highest BCUT2D eigenvalue weighted by Gasteiger charge is 2.25. The lowest BCUT2D eigenvalue weighted by Gasteiger charge is -2.28. The SMILES string of the molecule is Cc1c(Cl)nc(C(C)C)nc1NC1CCC(C(N)=O)CC1. The van der Waals surface area contributed by atoms with Gasteiger partial charge in [0.15, 0.2) is 0 Å². The lowest BCUT2D eigenvalue weighted by molar-refractivity contribution is -0.122. The van der Waals surface area contributed by atoms with E-state index in [-0.39, 0.29) is 17.7 Å². The molecule has 0 saturated heterocycles. The third kappa shape index (κ3) is 3.84. The van der Waals surface area contributed by atoms with E-state index in [0.717, 1.165) is 42.9 Å². The minimum absolute atomic E-state index is 0.0179. The van der Waals surface area contributed by atoms with Gasteiger partial charge in [-0.2, -0.15) is 0 Å². The summed E-state index contributed by atoms with van der Waals surface area (Å²) >= 11 is 6.19. The summed E-state index contributed by atoms with van der Waals surface area (Å²) in [6.45, 7) is 6.01. The highest BCUT2D eigenvalue weighted by atomic mass is 35.5. The minimum atomic E-state index is -0.184. The Morgan fingerprint density at radius 1 is 1.29 bits per heavy atom. The van der Waals surface area contributed by atoms with Gasteiger partial charge in [0.1, 0.15) is 16.8 Å². The van der Waals surface area contributed by atoms with Crippen LogP contribution in [-0.4, -0.2) is 21.9 Å². The van der Waals surface area contributed by atoms with E-state index in [1.54, 1.807) is 0 Å². The number of anilines is 1. The van der Waals surface area contributed by atoms with Crippen molar-refractivity contribution < 1.29 is 4.79 Å². The number of amides is 1. The van der Waals surface area contributed by atoms with Gasteiger partial charge in [0, 0.05) is 23.4 Å². The molecule has 1 aromatic heterocycles. The molecule has 116 valence electrons. The Morgan fingerprint density at radius 2 is 1.90 bits per heavy atom. The number of nitrogens with two attached hydrogens (primary N) is 1. The molecule has 5 nitrogen and oxygen atoms in total. The fourth-order valence-electron chi connectivity index (χ4n) is 2.62. The molecule has 3 N–H and O–H groups in total. The Morgan fingerprint density at radius 3 is 2.43 bits per heavy atom. The maximum absolute atomic E-state index is 11.2. The number of nitrogens with zero attached hydrogens (tertiary/aromatic N) is 2. The molecule has 1 fully saturated rings. The topological polar surface area (TPSA) is 80.9 Å². The highest BCUT2D eigenvalue weighted by molar-refractivity contribution is 6.30. The molecule has 0 aromatic carbocycles. The molecule has 0 spiro atoms. The van der Waals surface area contributed by atoms with Crippen molar-refractivity contribution in [1.29, 1.82) is 0 Å². The smallest absolute Gasteiger partial charge is 0.220 e. The lowest BCUT2D eigenvalue weighted by Crippen LogP contribution is -2.33. The van der Waals surface area contributed by atoms with Gasteiger partial charge in [-0.25, -0.2) is 9.97 Å². The third-order valence-corrected chi connectivity index (χ3v) is 4.46. The van der Waals surface area contributed by atoms with E-state index in [4.69, 9.17) is 17.3 Å². The highest BCUT2D eigenvalue weighted by Crippen LogP contribution is 2.29. The second-order valence-corrected chi connectivity index (χ2v) is 6.45. The van der Waals surface area contributed by atoms with Crippen LogP contribution in [0.3, 0.4) is 0 Å². The Bertz CT molecular complexity index is 525. The van der Waals surface area contributed by atoms with Gasteiger partial charge in [-0.1, -0.05) is 25.4 Å². The van der Waals surface area contributed by atoms with Gasteiger partial charge in [-0.05, 0) is 32.6 Å². The van der Waals surface area contributed by atoms with Crippen molar-refractivity contribution in [1.82, 2.24) is 9.97 Å². The molecule has 2 rings (SSSR count). The number of hydrogen-bond donors (Lipinski definition) is 2. The first kappa shape index (κ1) is 16.0. The third-order valence-electron chi connectivity index (χ3n) is 4.09. The number of rotatable bonds is 4. The zero-order valence-corrected chi connectivity index (χ0v) is 13.6. The summed E-state index contributed by atoms with van der Waals surface area (Å²) < 4.78 is 0. The van der Waals surface area contributed by atoms with Crippen molar-refractivity contribution in [2.45, 2.75) is 58.4 Å². The molecule has 1 aliphatic carbocycles. The molecule has 21 heavy (non-hydrogen) atoms. The summed E-state index contributed by atoms with van der Waals surface area (Å²) in [6.07, 6.45) is 3.52. The zero-order chi connectivity index (χ0) is 15.6. The standard InChI is InChI=1S/C15H23ClN4O/c1-8(2)14-19-12(16)9(3)15(20-14)18-11-6-4-10(5-7-11)13(17)21/h8,10-11H,4-7H2,1-3H3,(H2,17,21)(H,18,19,20). The number of halogens is 1. The molecule has 1 amide bonds. The lowest BCUT2D eigenvalue weighted by atomic mass is 9.85. The average Bonchev–Trinajstić information content (AvgIpc) is 2.44. The maximum atomic E-state index is 11.2. The van der Waals surface area contributed by atoms with Gasteiger partial charge in [-0.3, -0.25) is 4.79 Å². The van der Waals surface area contributed by atoms with Crippen LogP contribution < -0.4 is 11.1 Å². The second kappa shape index (κ2) is 6.60. The van der Waals surface area contributed by atoms with E-state index in [1.807, 2.05) is 20.8 Å². The van der Waals surface area contributed by atoms with Crippen LogP contribution in [0.4, 0.5) is 5.82 Å². The molecule has 0 aliphatic heterocycles. The van der Waals surface area contributed by atoms with E-state index in [9.17, 15) is 4.79 Å². The van der Waals surface area contributed by atoms with Crippen molar-refractivity contribution in [2.24, 2.45) is 11.7 Å². The van der Waals surface area contributed by atoms with E-state index in [1.165, 1.54) is 0 Å². The molecular weight excluding hydrogens is 288 g/mol. The molecule has 1 aliphatic rings. The summed E-state index contributed by atoms with van der Waals surface area (Å²) in [5.74, 6) is 1.62. The molecule has 0 radical (unpaired) electrons. The number of hydrogen-bond acceptors (Lipinski definition) is 4. The molecule has 0 atom stereocenters. The van der Waals surface area contributed by atoms with Crippen LogP contribution in [0, 0.1) is 12.8 Å². The van der Waals surface area contributed by atoms with Crippen molar-refractivity contribution in [3.05, 3.63) is 16.5 Å². The monoisotopic (exact) mass is 310 g/mol. The Labute approximate surface area is 130 Å². The van der Waals surface area contributed by atoms with Crippen LogP contribution in [0.2, 0.25) is 5.15 Å². The fraction of sp³-hybridized carbons (Fsp3) is 0.667. The van der Waals surface area contributed by atoms with Gasteiger partial charge in [0.05, 0.1) is 0 Å². The minimum Gasteiger partial charge on any atom is -0.369 e. The first-order chi connectivity index (χ1) is 9.88. The first-order valence-corrected chi connectivity index (χ1v) is 7.86. The van der Waals surface area contributed by atoms with Crippen LogP contribution >= 0.6 is 11.6 Å². The molecule has 1 saturated carbocycles. The van der Waals surface area contributed by atoms with Crippen LogP contribution in [0.5, 0.6) is 0 Å². The van der Waals surface area contributed by atoms with E-state index in [0.29, 0.717) is 11.2 Å². The van der Waals surface area contributed by atoms with E-state index in [2.05, 4.69) is 15.3 Å². The van der Waals surface area contributed by atoms with Crippen molar-refractivity contribution in [2.75, 3.05) is 5.32 Å². The number of carbonyl (C=O) groups excluding carboxylic acids is 1. The second-order valence-electron chi connectivity index (χ2n) is 6.10. The molecule has 0 unspecified atom stereocenters. The summed E-state index contributed by atoms with van der Waals surface area (Å²) in [4.78, 5) is 20.1. The van der Waals surface area contributed by atoms with Gasteiger partial charge in [0.25, 0.3) is 0 Å². The van der Waals surface area contributed by atoms with E-state index < -0.39 is 0 Å². The van der Waals surface area contributed by atoms with Crippen LogP contribution in [0.25, 0.3) is 0 Å². The first-order valence-electron chi connectivity index (χ1n) is 7.48. The Hall–Kier alpha value is -1.36. The van der Waals surface area contributed by atoms with Crippen molar-refractivity contribution in [3.63, 3.8) is 0 Å². The number of primary amides is 1. The van der Waals surface area contributed by atoms with Crippen molar-refractivity contribution >= 4 is 23.3 Å². The number of aromatic nitrogens is 2. The molecule has 6 heteroatoms. The van der Waals surface area contributed by atoms with Crippen LogP contribution in [0.15, 0.2) is 0 Å². The van der Waals surface area contributed by atoms with Gasteiger partial charge in [-0.15, -0.1) is 0 Å². The quantitative estimate of drug-likeness (QED) is 0.838. The summed E-state index contributed by atoms with van der Waals surface area (Å²) in [5.41, 5.74) is 6.24. The molecule has 1 aromatic rings. The maximum Gasteiger partial charge on any atom is 0.220 e. The summed E-state index contributed by atoms with van der Waals surface area (Å²) in [7, 11) is 0. The molecular formula is C15H23ClN4O. The molecule has 1 heterocycles. The van der Waals surface area contributed by atoms with Gasteiger partial charge >= 0.3 is 0 Å². The number of nitrogens with one attached hydrogen (secondary N) is 1. The summed E-state index contributed by atoms with van der Waals surface area (Å²) in [5, 5.41) is 3.96. The normalized spacial score (nSPS) is 22.3. The van der Waals surface area contributed by atoms with Crippen LogP contribution in [-0.2, 0) is 4.79 Å². The Balaban J connectivity index is 2.08. The largest absolute Gasteiger partial charge is 0.369 e. The zero-order valence-electron chi connectivity index (χ0n) is 12.8. The van der Waals surface area contributed by atoms with Crippen LogP contribution in [0.1, 0.15) is 56.8 Å². The predicted octanol–water partition coefficient (Wildman–Crippen LogP) is 3.02. The number of carbonyl (C=O) groups is 1.